The first-order valence-electron chi connectivity index (χ1n) is 6.00. The van der Waals surface area contributed by atoms with Crippen LogP contribution >= 0.6 is 11.6 Å². The molecule has 3 rings (SSSR count). The van der Waals surface area contributed by atoms with E-state index >= 15 is 0 Å². The molecule has 0 saturated carbocycles. The number of hydrogen-bond acceptors (Lipinski definition) is 1. The van der Waals surface area contributed by atoms with Gasteiger partial charge in [-0.3, -0.25) is 4.79 Å². The van der Waals surface area contributed by atoms with Crippen molar-refractivity contribution in [3.8, 4) is 0 Å². The van der Waals surface area contributed by atoms with E-state index in [1.807, 2.05) is 12.1 Å². The molecule has 2 nitrogen and oxygen atoms in total. The predicted molar refractivity (Wildman–Crippen MR) is 69.9 cm³/mol. The zero-order valence-corrected chi connectivity index (χ0v) is 10.5. The molecule has 1 aliphatic heterocycles. The number of halogens is 1. The van der Waals surface area contributed by atoms with E-state index in [-0.39, 0.29) is 5.78 Å². The first-order valence-corrected chi connectivity index (χ1v) is 6.38. The summed E-state index contributed by atoms with van der Waals surface area (Å²) >= 11 is 6.21. The van der Waals surface area contributed by atoms with E-state index in [1.54, 1.807) is 0 Å². The number of aromatic nitrogens is 1. The van der Waals surface area contributed by atoms with E-state index < -0.39 is 0 Å². The minimum atomic E-state index is 0.241. The van der Waals surface area contributed by atoms with E-state index in [1.165, 1.54) is 5.69 Å². The molecule has 0 aliphatic carbocycles. The molecule has 2 heterocycles. The van der Waals surface area contributed by atoms with Crippen molar-refractivity contribution in [2.75, 3.05) is 0 Å². The lowest BCUT2D eigenvalue weighted by Gasteiger charge is -2.14. The minimum absolute atomic E-state index is 0.241. The highest BCUT2D eigenvalue weighted by molar-refractivity contribution is 6.36. The molecule has 0 unspecified atom stereocenters. The van der Waals surface area contributed by atoms with E-state index in [0.29, 0.717) is 6.42 Å². The van der Waals surface area contributed by atoms with Crippen molar-refractivity contribution in [3.05, 3.63) is 34.5 Å². The summed E-state index contributed by atoms with van der Waals surface area (Å²) in [7, 11) is 0. The van der Waals surface area contributed by atoms with Gasteiger partial charge in [-0.2, -0.15) is 0 Å². The van der Waals surface area contributed by atoms with Gasteiger partial charge in [0, 0.05) is 34.6 Å². The van der Waals surface area contributed by atoms with Crippen molar-refractivity contribution in [3.63, 3.8) is 0 Å². The van der Waals surface area contributed by atoms with Crippen molar-refractivity contribution in [1.29, 1.82) is 0 Å². The first kappa shape index (κ1) is 10.8. The number of hydrogen-bond donors (Lipinski definition) is 0. The van der Waals surface area contributed by atoms with Crippen LogP contribution in [0.4, 0.5) is 0 Å². The highest BCUT2D eigenvalue weighted by atomic mass is 35.5. The number of aryl methyl sites for hydroxylation is 2. The highest BCUT2D eigenvalue weighted by Gasteiger charge is 2.19. The summed E-state index contributed by atoms with van der Waals surface area (Å²) in [5.41, 5.74) is 3.04. The second-order valence-corrected chi connectivity index (χ2v) is 5.08. The van der Waals surface area contributed by atoms with Gasteiger partial charge in [-0.05, 0) is 38.0 Å². The van der Waals surface area contributed by atoms with Crippen LogP contribution in [-0.2, 0) is 6.54 Å². The van der Waals surface area contributed by atoms with Crippen LogP contribution in [0.5, 0.6) is 0 Å². The lowest BCUT2D eigenvalue weighted by atomic mass is 10.0. The molecule has 17 heavy (non-hydrogen) atoms. The van der Waals surface area contributed by atoms with E-state index in [2.05, 4.69) is 17.6 Å². The fourth-order valence-corrected chi connectivity index (χ4v) is 2.89. The summed E-state index contributed by atoms with van der Waals surface area (Å²) in [4.78, 5) is 12.1. The Balaban J connectivity index is 2.42. The molecule has 1 aromatic heterocycles. The third-order valence-electron chi connectivity index (χ3n) is 3.55. The Morgan fingerprint density at radius 1 is 1.29 bits per heavy atom. The maximum Gasteiger partial charge on any atom is 0.164 e. The second kappa shape index (κ2) is 3.88. The van der Waals surface area contributed by atoms with Crippen LogP contribution < -0.4 is 0 Å². The Hall–Kier alpha value is -1.28. The molecular formula is C14H14ClNO. The van der Waals surface area contributed by atoms with Crippen LogP contribution in [-0.4, -0.2) is 10.4 Å². The van der Waals surface area contributed by atoms with Gasteiger partial charge < -0.3 is 4.57 Å². The molecule has 0 N–H and O–H groups in total. The summed E-state index contributed by atoms with van der Waals surface area (Å²) < 4.78 is 2.23. The molecule has 0 radical (unpaired) electrons. The Bertz CT molecular complexity index is 612. The van der Waals surface area contributed by atoms with Crippen molar-refractivity contribution in [2.45, 2.75) is 32.7 Å². The fourth-order valence-electron chi connectivity index (χ4n) is 2.68. The number of ketones is 1. The van der Waals surface area contributed by atoms with E-state index in [9.17, 15) is 4.79 Å². The summed E-state index contributed by atoms with van der Waals surface area (Å²) in [6, 6.07) is 5.79. The van der Waals surface area contributed by atoms with Crippen molar-refractivity contribution >= 4 is 28.3 Å². The Labute approximate surface area is 105 Å². The van der Waals surface area contributed by atoms with Gasteiger partial charge in [0.15, 0.2) is 5.78 Å². The molecule has 2 aromatic rings. The molecule has 1 aliphatic rings. The summed E-state index contributed by atoms with van der Waals surface area (Å²) in [5, 5.41) is 1.75. The Morgan fingerprint density at radius 2 is 2.12 bits per heavy atom. The van der Waals surface area contributed by atoms with Gasteiger partial charge in [-0.1, -0.05) is 11.6 Å². The van der Waals surface area contributed by atoms with Crippen molar-refractivity contribution < 1.29 is 4.79 Å². The molecular weight excluding hydrogens is 234 g/mol. The molecule has 0 amide bonds. The topological polar surface area (TPSA) is 22.0 Å². The molecule has 0 saturated heterocycles. The molecule has 0 fully saturated rings. The molecule has 88 valence electrons. The number of carbonyl (C=O) groups is 1. The van der Waals surface area contributed by atoms with Crippen LogP contribution in [0.15, 0.2) is 18.2 Å². The number of nitrogens with zero attached hydrogens (tertiary/aromatic N) is 1. The van der Waals surface area contributed by atoms with Gasteiger partial charge in [0.05, 0.1) is 5.52 Å². The minimum Gasteiger partial charge on any atom is -0.344 e. The zero-order valence-electron chi connectivity index (χ0n) is 9.79. The first-order chi connectivity index (χ1) is 8.18. The van der Waals surface area contributed by atoms with Gasteiger partial charge in [-0.25, -0.2) is 0 Å². The molecule has 3 heteroatoms. The van der Waals surface area contributed by atoms with Gasteiger partial charge >= 0.3 is 0 Å². The van der Waals surface area contributed by atoms with Crippen molar-refractivity contribution in [1.82, 2.24) is 4.57 Å². The monoisotopic (exact) mass is 247 g/mol. The van der Waals surface area contributed by atoms with Crippen LogP contribution in [0, 0.1) is 6.92 Å². The number of rotatable bonds is 0. The number of benzene rings is 1. The average Bonchev–Trinajstić information content (AvgIpc) is 2.61. The lowest BCUT2D eigenvalue weighted by Crippen LogP contribution is -2.10. The van der Waals surface area contributed by atoms with Crippen LogP contribution in [0.3, 0.4) is 0 Å². The molecule has 0 spiro atoms. The van der Waals surface area contributed by atoms with E-state index in [0.717, 1.165) is 40.9 Å². The smallest absolute Gasteiger partial charge is 0.164 e. The second-order valence-electron chi connectivity index (χ2n) is 4.67. The SMILES string of the molecule is Cc1cc2c(Cl)ccc3c2n1CCCCC3=O. The zero-order chi connectivity index (χ0) is 12.0. The van der Waals surface area contributed by atoms with Gasteiger partial charge in [0.2, 0.25) is 0 Å². The Morgan fingerprint density at radius 3 is 2.94 bits per heavy atom. The van der Waals surface area contributed by atoms with Crippen LogP contribution in [0.25, 0.3) is 10.9 Å². The van der Waals surface area contributed by atoms with Crippen LogP contribution in [0.2, 0.25) is 5.02 Å². The Kier molecular flexibility index (Phi) is 2.48. The largest absolute Gasteiger partial charge is 0.344 e. The standard InChI is InChI=1S/C14H14ClNO/c1-9-8-11-12(15)6-5-10-13(17)4-2-3-7-16(9)14(10)11/h5-6,8H,2-4,7H2,1H3. The van der Waals surface area contributed by atoms with E-state index in [4.69, 9.17) is 11.6 Å². The van der Waals surface area contributed by atoms with Gasteiger partial charge in [0.25, 0.3) is 0 Å². The van der Waals surface area contributed by atoms with Gasteiger partial charge in [0.1, 0.15) is 0 Å². The number of carbonyl (C=O) groups excluding carboxylic acids is 1. The third kappa shape index (κ3) is 1.59. The highest BCUT2D eigenvalue weighted by Crippen LogP contribution is 2.32. The summed E-state index contributed by atoms with van der Waals surface area (Å²) in [5.74, 6) is 0.241. The number of Topliss-reactive ketones (excluding diaryl/α,β-unsaturated/α-hetero) is 1. The summed E-state index contributed by atoms with van der Waals surface area (Å²) in [6.45, 7) is 3.06. The third-order valence-corrected chi connectivity index (χ3v) is 3.88. The van der Waals surface area contributed by atoms with Crippen LogP contribution in [0.1, 0.15) is 35.3 Å². The molecule has 1 aromatic carbocycles. The quantitative estimate of drug-likeness (QED) is 0.690. The lowest BCUT2D eigenvalue weighted by molar-refractivity contribution is 0.0978. The summed E-state index contributed by atoms with van der Waals surface area (Å²) in [6.07, 6.45) is 2.68. The fraction of sp³-hybridized carbons (Fsp3) is 0.357. The maximum atomic E-state index is 12.1. The molecule has 0 atom stereocenters. The predicted octanol–water partition coefficient (Wildman–Crippen LogP) is 3.97. The van der Waals surface area contributed by atoms with Crippen molar-refractivity contribution in [2.24, 2.45) is 0 Å². The average molecular weight is 248 g/mol. The van der Waals surface area contributed by atoms with Gasteiger partial charge in [-0.15, -0.1) is 0 Å². The normalized spacial score (nSPS) is 16.0. The maximum absolute atomic E-state index is 12.1. The molecule has 0 bridgehead atoms.